The summed E-state index contributed by atoms with van der Waals surface area (Å²) in [6, 6.07) is 23.4. The van der Waals surface area contributed by atoms with Gasteiger partial charge in [-0.25, -0.2) is 4.98 Å². The van der Waals surface area contributed by atoms with Crippen LogP contribution in [-0.2, 0) is 6.42 Å². The Balaban J connectivity index is 2.11. The Morgan fingerprint density at radius 1 is 0.818 bits per heavy atom. The van der Waals surface area contributed by atoms with Crippen molar-refractivity contribution in [3.8, 4) is 22.5 Å². The zero-order valence-electron chi connectivity index (χ0n) is 12.9. The van der Waals surface area contributed by atoms with E-state index in [1.54, 1.807) is 11.8 Å². The Morgan fingerprint density at radius 3 is 2.18 bits per heavy atom. The van der Waals surface area contributed by atoms with Crippen LogP contribution in [0.5, 0.6) is 0 Å². The van der Waals surface area contributed by atoms with Gasteiger partial charge in [0, 0.05) is 16.0 Å². The minimum Gasteiger partial charge on any atom is -0.248 e. The van der Waals surface area contributed by atoms with Gasteiger partial charge in [-0.05, 0) is 36.4 Å². The van der Waals surface area contributed by atoms with Crippen LogP contribution in [0.2, 0.25) is 0 Å². The first-order valence-corrected chi connectivity index (χ1v) is 8.73. The lowest BCUT2D eigenvalue weighted by Gasteiger charge is -2.09. The fourth-order valence-corrected chi connectivity index (χ4v) is 2.94. The second kappa shape index (κ2) is 6.80. The molecule has 2 heteroatoms. The van der Waals surface area contributed by atoms with E-state index in [4.69, 9.17) is 4.98 Å². The van der Waals surface area contributed by atoms with Crippen molar-refractivity contribution in [2.24, 2.45) is 0 Å². The number of pyridine rings is 1. The first-order chi connectivity index (χ1) is 10.8. The molecule has 3 aromatic rings. The van der Waals surface area contributed by atoms with Crippen LogP contribution >= 0.6 is 11.8 Å². The van der Waals surface area contributed by atoms with Crippen molar-refractivity contribution in [1.29, 1.82) is 0 Å². The molecule has 0 spiro atoms. The first kappa shape index (κ1) is 14.9. The number of thioether (sulfide) groups is 1. The van der Waals surface area contributed by atoms with Crippen molar-refractivity contribution >= 4 is 11.8 Å². The molecule has 3 rings (SSSR count). The van der Waals surface area contributed by atoms with Gasteiger partial charge in [-0.2, -0.15) is 0 Å². The minimum absolute atomic E-state index is 1.03. The standard InChI is InChI=1S/C20H19NS/c1-3-15-8-7-11-17(12-15)20-14-18(22-2)13-19(21-20)16-9-5-4-6-10-16/h4-14H,3H2,1-2H3. The molecule has 0 aliphatic heterocycles. The molecule has 0 N–H and O–H groups in total. The number of aromatic nitrogens is 1. The monoisotopic (exact) mass is 305 g/mol. The Bertz CT molecular complexity index is 766. The lowest BCUT2D eigenvalue weighted by Crippen LogP contribution is -1.91. The van der Waals surface area contributed by atoms with Crippen LogP contribution in [-0.4, -0.2) is 11.2 Å². The van der Waals surface area contributed by atoms with Gasteiger partial charge in [-0.3, -0.25) is 0 Å². The average molecular weight is 305 g/mol. The van der Waals surface area contributed by atoms with E-state index in [1.807, 2.05) is 6.07 Å². The summed E-state index contributed by atoms with van der Waals surface area (Å²) in [4.78, 5) is 6.13. The Kier molecular flexibility index (Phi) is 4.59. The highest BCUT2D eigenvalue weighted by molar-refractivity contribution is 7.98. The van der Waals surface area contributed by atoms with E-state index < -0.39 is 0 Å². The maximum absolute atomic E-state index is 4.88. The van der Waals surface area contributed by atoms with Crippen LogP contribution in [0.4, 0.5) is 0 Å². The van der Waals surface area contributed by atoms with Gasteiger partial charge in [0.2, 0.25) is 0 Å². The number of rotatable bonds is 4. The van der Waals surface area contributed by atoms with E-state index in [2.05, 4.69) is 73.8 Å². The average Bonchev–Trinajstić information content (AvgIpc) is 2.62. The molecule has 0 bridgehead atoms. The maximum Gasteiger partial charge on any atom is 0.0720 e. The third-order valence-corrected chi connectivity index (χ3v) is 4.44. The molecule has 0 amide bonds. The summed E-state index contributed by atoms with van der Waals surface area (Å²) in [6.45, 7) is 2.18. The quantitative estimate of drug-likeness (QED) is 0.573. The third-order valence-electron chi connectivity index (χ3n) is 3.74. The summed E-state index contributed by atoms with van der Waals surface area (Å²) >= 11 is 1.76. The van der Waals surface area contributed by atoms with Gasteiger partial charge in [0.05, 0.1) is 11.4 Å². The molecule has 0 aliphatic rings. The Morgan fingerprint density at radius 2 is 1.50 bits per heavy atom. The molecule has 110 valence electrons. The van der Waals surface area contributed by atoms with Crippen LogP contribution in [0.3, 0.4) is 0 Å². The maximum atomic E-state index is 4.88. The van der Waals surface area contributed by atoms with Crippen LogP contribution in [0.15, 0.2) is 71.6 Å². The van der Waals surface area contributed by atoms with E-state index in [-0.39, 0.29) is 0 Å². The number of hydrogen-bond acceptors (Lipinski definition) is 2. The number of benzene rings is 2. The largest absolute Gasteiger partial charge is 0.248 e. The third kappa shape index (κ3) is 3.23. The van der Waals surface area contributed by atoms with Crippen molar-refractivity contribution in [2.45, 2.75) is 18.2 Å². The molecule has 0 atom stereocenters. The highest BCUT2D eigenvalue weighted by atomic mass is 32.2. The van der Waals surface area contributed by atoms with Crippen molar-refractivity contribution in [3.63, 3.8) is 0 Å². The molecule has 0 fully saturated rings. The van der Waals surface area contributed by atoms with E-state index >= 15 is 0 Å². The lowest BCUT2D eigenvalue weighted by atomic mass is 10.0. The van der Waals surface area contributed by atoms with Crippen LogP contribution in [0, 0.1) is 0 Å². The molecule has 1 aromatic heterocycles. The van der Waals surface area contributed by atoms with Gasteiger partial charge in [0.15, 0.2) is 0 Å². The molecule has 0 saturated heterocycles. The molecular weight excluding hydrogens is 286 g/mol. The molecule has 0 radical (unpaired) electrons. The van der Waals surface area contributed by atoms with Crippen LogP contribution in [0.1, 0.15) is 12.5 Å². The summed E-state index contributed by atoms with van der Waals surface area (Å²) < 4.78 is 0. The van der Waals surface area contributed by atoms with E-state index in [1.165, 1.54) is 16.0 Å². The molecule has 0 saturated carbocycles. The van der Waals surface area contributed by atoms with Crippen molar-refractivity contribution < 1.29 is 0 Å². The van der Waals surface area contributed by atoms with Gasteiger partial charge < -0.3 is 0 Å². The molecule has 1 heterocycles. The molecule has 0 aliphatic carbocycles. The summed E-state index contributed by atoms with van der Waals surface area (Å²) in [6.07, 6.45) is 3.15. The summed E-state index contributed by atoms with van der Waals surface area (Å²) in [5.74, 6) is 0. The Labute approximate surface area is 136 Å². The van der Waals surface area contributed by atoms with Crippen molar-refractivity contribution in [1.82, 2.24) is 4.98 Å². The van der Waals surface area contributed by atoms with Crippen molar-refractivity contribution in [2.75, 3.05) is 6.26 Å². The molecule has 0 unspecified atom stereocenters. The van der Waals surface area contributed by atoms with Crippen LogP contribution < -0.4 is 0 Å². The summed E-state index contributed by atoms with van der Waals surface area (Å²) in [5.41, 5.74) is 5.76. The second-order valence-electron chi connectivity index (χ2n) is 5.20. The number of aryl methyl sites for hydroxylation is 1. The van der Waals surface area contributed by atoms with Gasteiger partial charge >= 0.3 is 0 Å². The predicted octanol–water partition coefficient (Wildman–Crippen LogP) is 5.70. The van der Waals surface area contributed by atoms with E-state index in [0.29, 0.717) is 0 Å². The highest BCUT2D eigenvalue weighted by Crippen LogP contribution is 2.29. The van der Waals surface area contributed by atoms with Crippen molar-refractivity contribution in [3.05, 3.63) is 72.3 Å². The second-order valence-corrected chi connectivity index (χ2v) is 6.08. The first-order valence-electron chi connectivity index (χ1n) is 7.51. The minimum atomic E-state index is 1.03. The normalized spacial score (nSPS) is 10.6. The van der Waals surface area contributed by atoms with Gasteiger partial charge in [-0.1, -0.05) is 55.5 Å². The molecular formula is C20H19NS. The van der Waals surface area contributed by atoms with E-state index in [0.717, 1.165) is 23.4 Å². The highest BCUT2D eigenvalue weighted by Gasteiger charge is 2.07. The predicted molar refractivity (Wildman–Crippen MR) is 96.3 cm³/mol. The van der Waals surface area contributed by atoms with Gasteiger partial charge in [0.25, 0.3) is 0 Å². The zero-order valence-corrected chi connectivity index (χ0v) is 13.7. The SMILES string of the molecule is CCc1cccc(-c2cc(SC)cc(-c3ccccc3)n2)c1. The van der Waals surface area contributed by atoms with Gasteiger partial charge in [-0.15, -0.1) is 11.8 Å². The molecule has 1 nitrogen and oxygen atoms in total. The summed E-state index contributed by atoms with van der Waals surface area (Å²) in [5, 5.41) is 0. The summed E-state index contributed by atoms with van der Waals surface area (Å²) in [7, 11) is 0. The van der Waals surface area contributed by atoms with Gasteiger partial charge in [0.1, 0.15) is 0 Å². The number of hydrogen-bond donors (Lipinski definition) is 0. The fraction of sp³-hybridized carbons (Fsp3) is 0.150. The zero-order chi connectivity index (χ0) is 15.4. The topological polar surface area (TPSA) is 12.9 Å². The number of nitrogens with zero attached hydrogens (tertiary/aromatic N) is 1. The molecule has 22 heavy (non-hydrogen) atoms. The smallest absolute Gasteiger partial charge is 0.0720 e. The lowest BCUT2D eigenvalue weighted by molar-refractivity contribution is 1.14. The fourth-order valence-electron chi connectivity index (χ4n) is 2.48. The Hall–Kier alpha value is -2.06. The molecule has 2 aromatic carbocycles. The van der Waals surface area contributed by atoms with Crippen LogP contribution in [0.25, 0.3) is 22.5 Å². The van der Waals surface area contributed by atoms with E-state index in [9.17, 15) is 0 Å².